The molecule has 29 heavy (non-hydrogen) atoms. The summed E-state index contributed by atoms with van der Waals surface area (Å²) in [5.74, 6) is 0.926. The second kappa shape index (κ2) is 7.78. The number of hydrogen-bond acceptors (Lipinski definition) is 8. The van der Waals surface area contributed by atoms with Gasteiger partial charge in [0.15, 0.2) is 5.82 Å². The molecule has 2 heterocycles. The molecule has 1 N–H and O–H groups in total. The number of piperazine rings is 1. The number of benzene rings is 1. The minimum Gasteiger partial charge on any atom is -0.363 e. The molecule has 2 aliphatic rings. The molecule has 1 saturated heterocycles. The number of carbonyl (C=O) groups excluding carboxylic acids is 1. The van der Waals surface area contributed by atoms with Crippen molar-refractivity contribution >= 4 is 17.3 Å². The highest BCUT2D eigenvalue weighted by Gasteiger charge is 2.30. The monoisotopic (exact) mass is 400 g/mol. The van der Waals surface area contributed by atoms with Gasteiger partial charge in [-0.05, 0) is 38.8 Å². The van der Waals surface area contributed by atoms with Crippen LogP contribution in [0.3, 0.4) is 0 Å². The summed E-state index contributed by atoms with van der Waals surface area (Å²) in [5.41, 5.74) is 0.827. The summed E-state index contributed by atoms with van der Waals surface area (Å²) >= 11 is 0. The van der Waals surface area contributed by atoms with Gasteiger partial charge in [0.05, 0.1) is 11.0 Å². The summed E-state index contributed by atoms with van der Waals surface area (Å²) < 4.78 is 5.27. The van der Waals surface area contributed by atoms with Gasteiger partial charge in [0.2, 0.25) is 5.89 Å². The van der Waals surface area contributed by atoms with E-state index in [1.54, 1.807) is 19.1 Å². The summed E-state index contributed by atoms with van der Waals surface area (Å²) in [4.78, 5) is 32.0. The molecule has 1 aliphatic heterocycles. The number of nitrogens with one attached hydrogen (secondary N) is 1. The van der Waals surface area contributed by atoms with Crippen LogP contribution in [0.25, 0.3) is 0 Å². The third-order valence-electron chi connectivity index (χ3n) is 5.45. The fourth-order valence-electron chi connectivity index (χ4n) is 3.56. The van der Waals surface area contributed by atoms with Crippen LogP contribution in [0, 0.1) is 17.0 Å². The van der Waals surface area contributed by atoms with Crippen LogP contribution < -0.4 is 10.2 Å². The molecule has 1 atom stereocenters. The van der Waals surface area contributed by atoms with Crippen LogP contribution in [0.5, 0.6) is 0 Å². The Morgan fingerprint density at radius 1 is 1.31 bits per heavy atom. The average molecular weight is 400 g/mol. The van der Waals surface area contributed by atoms with Crippen LogP contribution in [-0.2, 0) is 0 Å². The van der Waals surface area contributed by atoms with E-state index in [2.05, 4.69) is 20.4 Å². The van der Waals surface area contributed by atoms with Crippen molar-refractivity contribution in [1.82, 2.24) is 20.4 Å². The van der Waals surface area contributed by atoms with Crippen molar-refractivity contribution in [2.45, 2.75) is 38.8 Å². The van der Waals surface area contributed by atoms with Gasteiger partial charge in [-0.15, -0.1) is 0 Å². The van der Waals surface area contributed by atoms with Crippen LogP contribution in [0.4, 0.5) is 11.4 Å². The largest absolute Gasteiger partial charge is 0.363 e. The molecule has 2 aromatic rings. The van der Waals surface area contributed by atoms with Gasteiger partial charge in [0, 0.05) is 43.9 Å². The molecule has 10 heteroatoms. The molecule has 4 rings (SSSR count). The zero-order valence-corrected chi connectivity index (χ0v) is 16.5. The third kappa shape index (κ3) is 4.21. The first-order chi connectivity index (χ1) is 13.9. The standard InChI is InChI=1S/C19H24N6O4/c1-12(19-20-13(2)22-29-19)23-7-9-24(10-8-23)16-6-3-14(11-17(16)25(27)28)18(26)21-15-4-5-15/h3,6,11-12,15H,4-5,7-10H2,1-2H3,(H,21,26). The highest BCUT2D eigenvalue weighted by atomic mass is 16.6. The topological polar surface area (TPSA) is 118 Å². The van der Waals surface area contributed by atoms with Gasteiger partial charge in [-0.1, -0.05) is 5.16 Å². The SMILES string of the molecule is Cc1noc(C(C)N2CCN(c3ccc(C(=O)NC4CC4)cc3[N+](=O)[O-])CC2)n1. The van der Waals surface area contributed by atoms with Gasteiger partial charge in [-0.25, -0.2) is 0 Å². The van der Waals surface area contributed by atoms with Gasteiger partial charge < -0.3 is 14.7 Å². The zero-order valence-electron chi connectivity index (χ0n) is 16.5. The summed E-state index contributed by atoms with van der Waals surface area (Å²) in [6.45, 7) is 6.48. The Bertz CT molecular complexity index is 917. The summed E-state index contributed by atoms with van der Waals surface area (Å²) in [7, 11) is 0. The van der Waals surface area contributed by atoms with Gasteiger partial charge in [-0.2, -0.15) is 4.98 Å². The van der Waals surface area contributed by atoms with Crippen molar-refractivity contribution in [3.8, 4) is 0 Å². The number of anilines is 1. The Kier molecular flexibility index (Phi) is 5.18. The van der Waals surface area contributed by atoms with E-state index in [4.69, 9.17) is 4.52 Å². The molecule has 2 fully saturated rings. The van der Waals surface area contributed by atoms with Crippen molar-refractivity contribution in [3.05, 3.63) is 45.6 Å². The van der Waals surface area contributed by atoms with Gasteiger partial charge >= 0.3 is 0 Å². The average Bonchev–Trinajstić information content (AvgIpc) is 3.43. The number of amides is 1. The number of aromatic nitrogens is 2. The number of rotatable bonds is 6. The molecule has 0 spiro atoms. The lowest BCUT2D eigenvalue weighted by molar-refractivity contribution is -0.384. The predicted octanol–water partition coefficient (Wildman–Crippen LogP) is 2.06. The molecule has 1 aromatic carbocycles. The number of aryl methyl sites for hydroxylation is 1. The maximum atomic E-state index is 12.2. The minimum absolute atomic E-state index is 0.0122. The lowest BCUT2D eigenvalue weighted by Crippen LogP contribution is -2.47. The van der Waals surface area contributed by atoms with Crippen LogP contribution in [0.2, 0.25) is 0 Å². The van der Waals surface area contributed by atoms with E-state index in [1.807, 2.05) is 11.8 Å². The fourth-order valence-corrected chi connectivity index (χ4v) is 3.56. The van der Waals surface area contributed by atoms with Crippen molar-refractivity contribution in [3.63, 3.8) is 0 Å². The van der Waals surface area contributed by atoms with E-state index in [9.17, 15) is 14.9 Å². The quantitative estimate of drug-likeness (QED) is 0.578. The summed E-state index contributed by atoms with van der Waals surface area (Å²) in [6, 6.07) is 4.92. The van der Waals surface area contributed by atoms with Crippen LogP contribution in [0.15, 0.2) is 22.7 Å². The maximum Gasteiger partial charge on any atom is 0.293 e. The predicted molar refractivity (Wildman–Crippen MR) is 105 cm³/mol. The number of hydrogen-bond donors (Lipinski definition) is 1. The molecule has 1 aliphatic carbocycles. The van der Waals surface area contributed by atoms with E-state index < -0.39 is 4.92 Å². The van der Waals surface area contributed by atoms with E-state index in [1.165, 1.54) is 6.07 Å². The maximum absolute atomic E-state index is 12.2. The lowest BCUT2D eigenvalue weighted by Gasteiger charge is -2.37. The highest BCUT2D eigenvalue weighted by molar-refractivity contribution is 5.96. The number of nitro benzene ring substituents is 1. The van der Waals surface area contributed by atoms with E-state index >= 15 is 0 Å². The molecule has 154 valence electrons. The second-order valence-electron chi connectivity index (χ2n) is 7.59. The van der Waals surface area contributed by atoms with E-state index in [0.29, 0.717) is 49.1 Å². The Hall–Kier alpha value is -3.01. The summed E-state index contributed by atoms with van der Waals surface area (Å²) in [5, 5.41) is 18.4. The zero-order chi connectivity index (χ0) is 20.5. The molecule has 10 nitrogen and oxygen atoms in total. The van der Waals surface area contributed by atoms with Gasteiger partial charge in [-0.3, -0.25) is 19.8 Å². The molecular weight excluding hydrogens is 376 g/mol. The first-order valence-corrected chi connectivity index (χ1v) is 9.81. The molecule has 0 bridgehead atoms. The second-order valence-corrected chi connectivity index (χ2v) is 7.59. The van der Waals surface area contributed by atoms with Crippen molar-refractivity contribution < 1.29 is 14.2 Å². The Labute approximate surface area is 168 Å². The first kappa shape index (κ1) is 19.3. The van der Waals surface area contributed by atoms with E-state index in [0.717, 1.165) is 12.8 Å². The van der Waals surface area contributed by atoms with Gasteiger partial charge in [0.25, 0.3) is 11.6 Å². The molecular formula is C19H24N6O4. The molecule has 1 unspecified atom stereocenters. The lowest BCUT2D eigenvalue weighted by atomic mass is 10.1. The third-order valence-corrected chi connectivity index (χ3v) is 5.45. The Balaban J connectivity index is 1.45. The molecule has 1 saturated carbocycles. The first-order valence-electron chi connectivity index (χ1n) is 9.81. The molecule has 0 radical (unpaired) electrons. The van der Waals surface area contributed by atoms with Crippen molar-refractivity contribution in [2.75, 3.05) is 31.1 Å². The molecule has 1 aromatic heterocycles. The van der Waals surface area contributed by atoms with E-state index in [-0.39, 0.29) is 23.7 Å². The Morgan fingerprint density at radius 3 is 2.62 bits per heavy atom. The Morgan fingerprint density at radius 2 is 2.03 bits per heavy atom. The van der Waals surface area contributed by atoms with Crippen LogP contribution in [0.1, 0.15) is 47.9 Å². The minimum atomic E-state index is -0.417. The van der Waals surface area contributed by atoms with Crippen molar-refractivity contribution in [1.29, 1.82) is 0 Å². The van der Waals surface area contributed by atoms with Crippen LogP contribution in [-0.4, -0.2) is 58.1 Å². The van der Waals surface area contributed by atoms with Gasteiger partial charge in [0.1, 0.15) is 5.69 Å². The number of nitrogens with zero attached hydrogens (tertiary/aromatic N) is 5. The fraction of sp³-hybridized carbons (Fsp3) is 0.526. The molecule has 1 amide bonds. The summed E-state index contributed by atoms with van der Waals surface area (Å²) in [6.07, 6.45) is 1.94. The smallest absolute Gasteiger partial charge is 0.293 e. The number of nitro groups is 1. The highest BCUT2D eigenvalue weighted by Crippen LogP contribution is 2.31. The number of carbonyl (C=O) groups is 1. The van der Waals surface area contributed by atoms with Crippen LogP contribution >= 0.6 is 0 Å². The normalized spacial score (nSPS) is 18.5. The van der Waals surface area contributed by atoms with Crippen molar-refractivity contribution in [2.24, 2.45) is 0 Å².